The smallest absolute Gasteiger partial charge is 0.158 e. The first-order valence-corrected chi connectivity index (χ1v) is 10.9. The molecule has 7 heteroatoms. The molecule has 1 aliphatic rings. The van der Waals surface area contributed by atoms with Crippen molar-refractivity contribution in [3.8, 4) is 11.1 Å². The highest BCUT2D eigenvalue weighted by Crippen LogP contribution is 2.38. The fraction of sp³-hybridized carbons (Fsp3) is 0.261. The maximum Gasteiger partial charge on any atom is 0.158 e. The largest absolute Gasteiger partial charge is 0.377 e. The van der Waals surface area contributed by atoms with Crippen molar-refractivity contribution >= 4 is 33.1 Å². The van der Waals surface area contributed by atoms with Crippen molar-refractivity contribution < 1.29 is 4.74 Å². The van der Waals surface area contributed by atoms with Crippen LogP contribution in [0, 0.1) is 0 Å². The molecule has 0 atom stereocenters. The lowest BCUT2D eigenvalue weighted by Crippen LogP contribution is -2.47. The van der Waals surface area contributed by atoms with Crippen LogP contribution >= 0.6 is 11.3 Å². The molecule has 4 heterocycles. The van der Waals surface area contributed by atoms with Crippen LogP contribution in [-0.4, -0.2) is 48.2 Å². The molecule has 4 aromatic rings. The summed E-state index contributed by atoms with van der Waals surface area (Å²) >= 11 is 1.67. The summed E-state index contributed by atoms with van der Waals surface area (Å²) < 4.78 is 5.33. The second-order valence-corrected chi connectivity index (χ2v) is 8.13. The Morgan fingerprint density at radius 2 is 1.67 bits per heavy atom. The van der Waals surface area contributed by atoms with Crippen molar-refractivity contribution in [1.29, 1.82) is 0 Å². The van der Waals surface area contributed by atoms with E-state index >= 15 is 0 Å². The molecule has 5 rings (SSSR count). The van der Waals surface area contributed by atoms with Crippen molar-refractivity contribution in [2.45, 2.75) is 6.61 Å². The van der Waals surface area contributed by atoms with Crippen LogP contribution in [0.3, 0.4) is 0 Å². The summed E-state index contributed by atoms with van der Waals surface area (Å²) in [4.78, 5) is 19.6. The van der Waals surface area contributed by atoms with Gasteiger partial charge in [0, 0.05) is 62.3 Å². The van der Waals surface area contributed by atoms with Crippen molar-refractivity contribution in [3.05, 3.63) is 66.1 Å². The third-order valence-electron chi connectivity index (χ3n) is 5.43. The number of piperazine rings is 1. The van der Waals surface area contributed by atoms with Crippen molar-refractivity contribution in [2.24, 2.45) is 0 Å². The highest BCUT2D eigenvalue weighted by atomic mass is 32.1. The summed E-state index contributed by atoms with van der Waals surface area (Å²) in [6.07, 6.45) is 3.70. The molecule has 0 spiro atoms. The van der Waals surface area contributed by atoms with Crippen molar-refractivity contribution in [1.82, 2.24) is 15.0 Å². The van der Waals surface area contributed by atoms with Gasteiger partial charge in [0.1, 0.15) is 17.3 Å². The number of fused-ring (bicyclic) bond motifs is 1. The number of hydrogen-bond donors (Lipinski definition) is 0. The summed E-state index contributed by atoms with van der Waals surface area (Å²) in [6, 6.07) is 14.6. The second-order valence-electron chi connectivity index (χ2n) is 7.27. The quantitative estimate of drug-likeness (QED) is 0.484. The molecular formula is C23H23N5OS. The lowest BCUT2D eigenvalue weighted by atomic mass is 10.1. The minimum Gasteiger partial charge on any atom is -0.377 e. The number of pyridine rings is 1. The predicted molar refractivity (Wildman–Crippen MR) is 122 cm³/mol. The molecule has 3 aromatic heterocycles. The Balaban J connectivity index is 1.52. The van der Waals surface area contributed by atoms with Crippen LogP contribution in [0.4, 0.5) is 11.5 Å². The summed E-state index contributed by atoms with van der Waals surface area (Å²) in [5.41, 5.74) is 3.62. The van der Waals surface area contributed by atoms with Crippen LogP contribution in [0.25, 0.3) is 21.3 Å². The Kier molecular flexibility index (Phi) is 5.29. The molecule has 152 valence electrons. The van der Waals surface area contributed by atoms with Gasteiger partial charge in [-0.1, -0.05) is 30.3 Å². The first kappa shape index (κ1) is 19.0. The van der Waals surface area contributed by atoms with E-state index in [0.717, 1.165) is 48.0 Å². The van der Waals surface area contributed by atoms with Crippen LogP contribution in [-0.2, 0) is 11.3 Å². The zero-order valence-corrected chi connectivity index (χ0v) is 17.7. The molecule has 0 saturated carbocycles. The Morgan fingerprint density at radius 1 is 0.933 bits per heavy atom. The maximum atomic E-state index is 5.33. The molecule has 30 heavy (non-hydrogen) atoms. The fourth-order valence-corrected chi connectivity index (χ4v) is 4.91. The van der Waals surface area contributed by atoms with Crippen LogP contribution < -0.4 is 9.80 Å². The zero-order chi connectivity index (χ0) is 20.3. The van der Waals surface area contributed by atoms with Crippen molar-refractivity contribution in [2.75, 3.05) is 43.1 Å². The number of nitrogens with zero attached hydrogens (tertiary/aromatic N) is 5. The monoisotopic (exact) mass is 417 g/mol. The number of thiophene rings is 1. The van der Waals surface area contributed by atoms with Gasteiger partial charge in [-0.15, -0.1) is 11.3 Å². The van der Waals surface area contributed by atoms with Gasteiger partial charge in [-0.2, -0.15) is 0 Å². The van der Waals surface area contributed by atoms with Gasteiger partial charge >= 0.3 is 0 Å². The van der Waals surface area contributed by atoms with E-state index in [0.29, 0.717) is 6.61 Å². The predicted octanol–water partition coefficient (Wildman–Crippen LogP) is 4.23. The number of aromatic nitrogens is 3. The Bertz CT molecular complexity index is 1120. The van der Waals surface area contributed by atoms with E-state index in [2.05, 4.69) is 56.6 Å². The third kappa shape index (κ3) is 3.62. The van der Waals surface area contributed by atoms with Crippen LogP contribution in [0.15, 0.2) is 60.2 Å². The molecule has 6 nitrogen and oxygen atoms in total. The average Bonchev–Trinajstić information content (AvgIpc) is 3.24. The molecule has 0 unspecified atom stereocenters. The molecule has 0 bridgehead atoms. The van der Waals surface area contributed by atoms with Gasteiger partial charge in [0.25, 0.3) is 0 Å². The normalized spacial score (nSPS) is 14.4. The lowest BCUT2D eigenvalue weighted by molar-refractivity contribution is 0.178. The minimum atomic E-state index is 0.415. The van der Waals surface area contributed by atoms with Crippen LogP contribution in [0.2, 0.25) is 0 Å². The summed E-state index contributed by atoms with van der Waals surface area (Å²) in [6.45, 7) is 4.12. The maximum absolute atomic E-state index is 5.33. The number of benzene rings is 1. The van der Waals surface area contributed by atoms with E-state index in [-0.39, 0.29) is 0 Å². The van der Waals surface area contributed by atoms with E-state index in [4.69, 9.17) is 14.7 Å². The summed E-state index contributed by atoms with van der Waals surface area (Å²) in [7, 11) is 1.69. The topological polar surface area (TPSA) is 54.4 Å². The van der Waals surface area contributed by atoms with E-state index in [9.17, 15) is 0 Å². The summed E-state index contributed by atoms with van der Waals surface area (Å²) in [5.74, 6) is 1.75. The van der Waals surface area contributed by atoms with Crippen molar-refractivity contribution in [3.63, 3.8) is 0 Å². The SMILES string of the molecule is COCc1nc(N2CCN(c3ccncc3)CC2)c2c(-c3ccccc3)csc2n1. The fourth-order valence-electron chi connectivity index (χ4n) is 3.95. The molecule has 1 aliphatic heterocycles. The van der Waals surface area contributed by atoms with E-state index in [1.165, 1.54) is 16.8 Å². The standard InChI is InChI=1S/C23H23N5OS/c1-29-15-20-25-22(28-13-11-27(12-14-28)18-7-9-24-10-8-18)21-19(16-30-23(21)26-20)17-5-3-2-4-6-17/h2-10,16H,11-15H2,1H3. The molecule has 1 aromatic carbocycles. The first-order chi connectivity index (χ1) is 14.8. The lowest BCUT2D eigenvalue weighted by Gasteiger charge is -2.37. The molecule has 0 radical (unpaired) electrons. The minimum absolute atomic E-state index is 0.415. The summed E-state index contributed by atoms with van der Waals surface area (Å²) in [5, 5.41) is 3.34. The Morgan fingerprint density at radius 3 is 2.40 bits per heavy atom. The highest BCUT2D eigenvalue weighted by molar-refractivity contribution is 7.17. The molecular weight excluding hydrogens is 394 g/mol. The van der Waals surface area contributed by atoms with Gasteiger partial charge < -0.3 is 14.5 Å². The number of methoxy groups -OCH3 is 1. The number of ether oxygens (including phenoxy) is 1. The molecule has 0 amide bonds. The van der Waals surface area contributed by atoms with Gasteiger partial charge in [-0.05, 0) is 17.7 Å². The van der Waals surface area contributed by atoms with E-state index in [1.807, 2.05) is 18.5 Å². The molecule has 1 fully saturated rings. The average molecular weight is 418 g/mol. The van der Waals surface area contributed by atoms with E-state index < -0.39 is 0 Å². The Labute approximate surface area is 179 Å². The Hall–Kier alpha value is -3.03. The third-order valence-corrected chi connectivity index (χ3v) is 6.30. The van der Waals surface area contributed by atoms with Crippen LogP contribution in [0.5, 0.6) is 0 Å². The van der Waals surface area contributed by atoms with E-state index in [1.54, 1.807) is 18.4 Å². The molecule has 1 saturated heterocycles. The second kappa shape index (κ2) is 8.38. The van der Waals surface area contributed by atoms with Gasteiger partial charge in [0.15, 0.2) is 5.82 Å². The zero-order valence-electron chi connectivity index (χ0n) is 16.9. The number of rotatable bonds is 5. The van der Waals surface area contributed by atoms with Gasteiger partial charge in [0.2, 0.25) is 0 Å². The van der Waals surface area contributed by atoms with Gasteiger partial charge in [0.05, 0.1) is 5.39 Å². The molecule has 0 N–H and O–H groups in total. The number of anilines is 2. The highest BCUT2D eigenvalue weighted by Gasteiger charge is 2.23. The van der Waals surface area contributed by atoms with Crippen LogP contribution in [0.1, 0.15) is 5.82 Å². The number of hydrogen-bond acceptors (Lipinski definition) is 7. The van der Waals surface area contributed by atoms with Gasteiger partial charge in [-0.25, -0.2) is 9.97 Å². The van der Waals surface area contributed by atoms with Gasteiger partial charge in [-0.3, -0.25) is 4.98 Å². The molecule has 0 aliphatic carbocycles. The first-order valence-electron chi connectivity index (χ1n) is 10.1.